The van der Waals surface area contributed by atoms with Crippen LogP contribution in [0.1, 0.15) is 10.5 Å². The van der Waals surface area contributed by atoms with Crippen LogP contribution in [0.25, 0.3) is 16.6 Å². The predicted molar refractivity (Wildman–Crippen MR) is 93.6 cm³/mol. The largest absolute Gasteiger partial charge is 0.476 e. The van der Waals surface area contributed by atoms with Crippen molar-refractivity contribution in [3.05, 3.63) is 63.4 Å². The minimum Gasteiger partial charge on any atom is -0.476 e. The summed E-state index contributed by atoms with van der Waals surface area (Å²) in [7, 11) is 3.69. The fraction of sp³-hybridized carbons (Fsp3) is 0.118. The molecule has 3 aromatic rings. The molecular formula is C17H14ClN3O3. The molecule has 0 aliphatic carbocycles. The number of nitrogens with zero attached hydrogens (tertiary/aromatic N) is 3. The molecule has 0 aliphatic rings. The maximum Gasteiger partial charge on any atom is 0.360 e. The molecule has 0 spiro atoms. The molecule has 0 atom stereocenters. The quantitative estimate of drug-likeness (QED) is 0.791. The van der Waals surface area contributed by atoms with Crippen LogP contribution in [0.15, 0.2) is 47.3 Å². The third-order valence-electron chi connectivity index (χ3n) is 3.64. The van der Waals surface area contributed by atoms with E-state index in [1.807, 2.05) is 25.1 Å². The van der Waals surface area contributed by atoms with Gasteiger partial charge in [-0.1, -0.05) is 17.7 Å². The van der Waals surface area contributed by atoms with Gasteiger partial charge >= 0.3 is 5.97 Å². The van der Waals surface area contributed by atoms with Crippen molar-refractivity contribution in [1.82, 2.24) is 9.78 Å². The number of halogens is 1. The van der Waals surface area contributed by atoms with Crippen LogP contribution in [0.3, 0.4) is 0 Å². The molecule has 3 rings (SSSR count). The zero-order chi connectivity index (χ0) is 17.4. The lowest BCUT2D eigenvalue weighted by atomic mass is 10.1. The van der Waals surface area contributed by atoms with E-state index in [0.717, 1.165) is 5.69 Å². The highest BCUT2D eigenvalue weighted by atomic mass is 35.5. The van der Waals surface area contributed by atoms with Crippen LogP contribution in [-0.2, 0) is 0 Å². The SMILES string of the molecule is CN(C)c1ccc2c(c1)c(=O)c(C(=O)O)nn2-c1cccc(Cl)c1. The van der Waals surface area contributed by atoms with Gasteiger partial charge in [0.25, 0.3) is 0 Å². The minimum absolute atomic E-state index is 0.286. The topological polar surface area (TPSA) is 75.4 Å². The Balaban J connectivity index is 2.42. The third kappa shape index (κ3) is 2.72. The molecule has 1 N–H and O–H groups in total. The van der Waals surface area contributed by atoms with E-state index < -0.39 is 17.1 Å². The van der Waals surface area contributed by atoms with Crippen molar-refractivity contribution in [2.24, 2.45) is 0 Å². The number of carboxylic acids is 1. The standard InChI is InChI=1S/C17H14ClN3O3/c1-20(2)11-6-7-14-13(9-11)16(22)15(17(23)24)19-21(14)12-5-3-4-10(18)8-12/h3-9H,1-2H3,(H,23,24). The molecule has 0 unspecified atom stereocenters. The first-order valence-electron chi connectivity index (χ1n) is 7.12. The van der Waals surface area contributed by atoms with E-state index in [4.69, 9.17) is 11.6 Å². The Morgan fingerprint density at radius 1 is 1.21 bits per heavy atom. The number of hydrogen-bond donors (Lipinski definition) is 1. The third-order valence-corrected chi connectivity index (χ3v) is 3.87. The predicted octanol–water partition coefficient (Wildman–Crippen LogP) is 2.80. The molecule has 6 nitrogen and oxygen atoms in total. The highest BCUT2D eigenvalue weighted by Crippen LogP contribution is 2.22. The monoisotopic (exact) mass is 343 g/mol. The van der Waals surface area contributed by atoms with Crippen molar-refractivity contribution in [1.29, 1.82) is 0 Å². The van der Waals surface area contributed by atoms with Gasteiger partial charge in [-0.3, -0.25) is 4.79 Å². The Morgan fingerprint density at radius 3 is 2.58 bits per heavy atom. The van der Waals surface area contributed by atoms with E-state index in [0.29, 0.717) is 16.2 Å². The number of aromatic carboxylic acids is 1. The van der Waals surface area contributed by atoms with Crippen LogP contribution in [0.4, 0.5) is 5.69 Å². The average Bonchev–Trinajstić information content (AvgIpc) is 2.54. The number of hydrogen-bond acceptors (Lipinski definition) is 4. The van der Waals surface area contributed by atoms with Gasteiger partial charge in [-0.2, -0.15) is 5.10 Å². The van der Waals surface area contributed by atoms with E-state index >= 15 is 0 Å². The normalized spacial score (nSPS) is 10.8. The van der Waals surface area contributed by atoms with E-state index in [9.17, 15) is 14.7 Å². The van der Waals surface area contributed by atoms with Crippen molar-refractivity contribution in [3.63, 3.8) is 0 Å². The first-order chi connectivity index (χ1) is 11.4. The summed E-state index contributed by atoms with van der Waals surface area (Å²) in [6, 6.07) is 12.1. The zero-order valence-electron chi connectivity index (χ0n) is 13.0. The Hall–Kier alpha value is -2.86. The van der Waals surface area contributed by atoms with Crippen LogP contribution in [0.5, 0.6) is 0 Å². The molecule has 7 heteroatoms. The first-order valence-corrected chi connectivity index (χ1v) is 7.50. The second kappa shape index (κ2) is 5.98. The Morgan fingerprint density at radius 2 is 1.96 bits per heavy atom. The molecule has 0 saturated carbocycles. The zero-order valence-corrected chi connectivity index (χ0v) is 13.8. The average molecular weight is 344 g/mol. The van der Waals surface area contributed by atoms with Crippen LogP contribution in [0, 0.1) is 0 Å². The Bertz CT molecular complexity index is 1010. The summed E-state index contributed by atoms with van der Waals surface area (Å²) in [6.45, 7) is 0. The van der Waals surface area contributed by atoms with Gasteiger partial charge in [0.1, 0.15) is 0 Å². The molecule has 0 bridgehead atoms. The van der Waals surface area contributed by atoms with Crippen molar-refractivity contribution in [3.8, 4) is 5.69 Å². The van der Waals surface area contributed by atoms with Crippen molar-refractivity contribution in [2.75, 3.05) is 19.0 Å². The fourth-order valence-electron chi connectivity index (χ4n) is 2.44. The lowest BCUT2D eigenvalue weighted by Crippen LogP contribution is -2.22. The highest BCUT2D eigenvalue weighted by molar-refractivity contribution is 6.30. The second-order valence-electron chi connectivity index (χ2n) is 5.47. The van der Waals surface area contributed by atoms with Gasteiger partial charge in [0, 0.05) is 24.8 Å². The molecule has 122 valence electrons. The van der Waals surface area contributed by atoms with Gasteiger partial charge in [-0.25, -0.2) is 9.48 Å². The fourth-order valence-corrected chi connectivity index (χ4v) is 2.62. The van der Waals surface area contributed by atoms with Crippen LogP contribution in [0.2, 0.25) is 5.02 Å². The van der Waals surface area contributed by atoms with E-state index in [1.165, 1.54) is 4.68 Å². The van der Waals surface area contributed by atoms with E-state index in [1.54, 1.807) is 36.4 Å². The van der Waals surface area contributed by atoms with Gasteiger partial charge in [0.2, 0.25) is 11.1 Å². The number of benzene rings is 2. The molecule has 0 radical (unpaired) electrons. The van der Waals surface area contributed by atoms with Gasteiger partial charge in [0.15, 0.2) is 0 Å². The summed E-state index contributed by atoms with van der Waals surface area (Å²) in [4.78, 5) is 25.8. The van der Waals surface area contributed by atoms with Crippen LogP contribution < -0.4 is 10.3 Å². The lowest BCUT2D eigenvalue weighted by Gasteiger charge is -2.15. The molecule has 0 amide bonds. The molecule has 0 fully saturated rings. The molecule has 1 heterocycles. The summed E-state index contributed by atoms with van der Waals surface area (Å²) in [5, 5.41) is 14.1. The smallest absolute Gasteiger partial charge is 0.360 e. The first kappa shape index (κ1) is 16.0. The number of rotatable bonds is 3. The van der Waals surface area contributed by atoms with Crippen molar-refractivity contribution < 1.29 is 9.90 Å². The van der Waals surface area contributed by atoms with E-state index in [-0.39, 0.29) is 5.39 Å². The molecular weight excluding hydrogens is 330 g/mol. The molecule has 0 saturated heterocycles. The van der Waals surface area contributed by atoms with Gasteiger partial charge in [-0.05, 0) is 36.4 Å². The van der Waals surface area contributed by atoms with Crippen LogP contribution >= 0.6 is 11.6 Å². The highest BCUT2D eigenvalue weighted by Gasteiger charge is 2.18. The van der Waals surface area contributed by atoms with Gasteiger partial charge in [-0.15, -0.1) is 0 Å². The van der Waals surface area contributed by atoms with Crippen molar-refractivity contribution in [2.45, 2.75) is 0 Å². The summed E-state index contributed by atoms with van der Waals surface area (Å²) in [5.41, 5.74) is 0.739. The molecule has 24 heavy (non-hydrogen) atoms. The summed E-state index contributed by atoms with van der Waals surface area (Å²) < 4.78 is 1.42. The molecule has 0 aliphatic heterocycles. The molecule has 2 aromatic carbocycles. The number of anilines is 1. The van der Waals surface area contributed by atoms with Crippen LogP contribution in [-0.4, -0.2) is 35.0 Å². The Labute approximate surface area is 142 Å². The van der Waals surface area contributed by atoms with Gasteiger partial charge in [0.05, 0.1) is 16.6 Å². The van der Waals surface area contributed by atoms with Crippen molar-refractivity contribution >= 4 is 34.2 Å². The molecule has 1 aromatic heterocycles. The summed E-state index contributed by atoms with van der Waals surface area (Å²) >= 11 is 6.02. The number of carboxylic acid groups (broad SMARTS) is 1. The van der Waals surface area contributed by atoms with Gasteiger partial charge < -0.3 is 10.0 Å². The minimum atomic E-state index is -1.37. The number of fused-ring (bicyclic) bond motifs is 1. The maximum absolute atomic E-state index is 12.5. The summed E-state index contributed by atoms with van der Waals surface area (Å²) in [5.74, 6) is -1.37. The second-order valence-corrected chi connectivity index (χ2v) is 5.91. The Kier molecular flexibility index (Phi) is 3.99. The number of aromatic nitrogens is 2. The summed E-state index contributed by atoms with van der Waals surface area (Å²) in [6.07, 6.45) is 0. The van der Waals surface area contributed by atoms with E-state index in [2.05, 4.69) is 5.10 Å². The maximum atomic E-state index is 12.5. The lowest BCUT2D eigenvalue weighted by molar-refractivity contribution is 0.0687. The number of carbonyl (C=O) groups is 1.